The molecule has 114 valence electrons. The first-order chi connectivity index (χ1) is 10.8. The molecule has 3 rings (SSSR count). The lowest BCUT2D eigenvalue weighted by molar-refractivity contribution is 0.590. The predicted molar refractivity (Wildman–Crippen MR) is 94.2 cm³/mol. The Morgan fingerprint density at radius 1 is 1.18 bits per heavy atom. The molecule has 0 spiro atoms. The van der Waals surface area contributed by atoms with E-state index in [-0.39, 0.29) is 0 Å². The molecule has 0 saturated carbocycles. The molecule has 0 fully saturated rings. The van der Waals surface area contributed by atoms with Gasteiger partial charge in [-0.15, -0.1) is 18.3 Å². The molecule has 0 aromatic heterocycles. The van der Waals surface area contributed by atoms with Gasteiger partial charge in [0.1, 0.15) is 0 Å². The molecule has 0 radical (unpaired) electrons. The fraction of sp³-hybridized carbons (Fsp3) is 0.222. The fourth-order valence-electron chi connectivity index (χ4n) is 2.56. The molecular formula is C18H19NOS2. The van der Waals surface area contributed by atoms with Crippen molar-refractivity contribution < 1.29 is 4.55 Å². The van der Waals surface area contributed by atoms with Crippen molar-refractivity contribution in [3.05, 3.63) is 66.2 Å². The number of hydrogen-bond donors (Lipinski definition) is 1. The Balaban J connectivity index is 1.71. The Hall–Kier alpha value is -1.20. The normalized spacial score (nSPS) is 16.0. The summed E-state index contributed by atoms with van der Waals surface area (Å²) < 4.78 is 12.6. The highest BCUT2D eigenvalue weighted by Gasteiger charge is 2.27. The quantitative estimate of drug-likeness (QED) is 0.380. The lowest BCUT2D eigenvalue weighted by atomic mass is 10.0. The van der Waals surface area contributed by atoms with Gasteiger partial charge in [-0.3, -0.25) is 0 Å². The summed E-state index contributed by atoms with van der Waals surface area (Å²) >= 11 is 0.789. The predicted octanol–water partition coefficient (Wildman–Crippen LogP) is 3.63. The van der Waals surface area contributed by atoms with Gasteiger partial charge >= 0.3 is 0 Å². The van der Waals surface area contributed by atoms with Crippen LogP contribution in [0, 0.1) is 0 Å². The summed E-state index contributed by atoms with van der Waals surface area (Å²) in [5.41, 5.74) is 2.38. The van der Waals surface area contributed by atoms with Crippen molar-refractivity contribution in [3.8, 4) is 0 Å². The maximum atomic E-state index is 12.6. The largest absolute Gasteiger partial charge is 0.606 e. The van der Waals surface area contributed by atoms with Crippen LogP contribution in [-0.4, -0.2) is 23.4 Å². The van der Waals surface area contributed by atoms with Crippen LogP contribution >= 0.6 is 11.8 Å². The van der Waals surface area contributed by atoms with Gasteiger partial charge in [0.15, 0.2) is 9.79 Å². The Kier molecular flexibility index (Phi) is 5.26. The third-order valence-electron chi connectivity index (χ3n) is 3.62. The second-order valence-electron chi connectivity index (χ2n) is 5.16. The summed E-state index contributed by atoms with van der Waals surface area (Å²) in [5, 5.41) is 3.30. The molecule has 2 aromatic carbocycles. The molecule has 22 heavy (non-hydrogen) atoms. The molecule has 2 nitrogen and oxygen atoms in total. The molecule has 1 N–H and O–H groups in total. The van der Waals surface area contributed by atoms with E-state index in [0.717, 1.165) is 35.1 Å². The summed E-state index contributed by atoms with van der Waals surface area (Å²) in [6, 6.07) is 14.3. The van der Waals surface area contributed by atoms with Crippen molar-refractivity contribution in [2.75, 3.05) is 18.8 Å². The zero-order valence-electron chi connectivity index (χ0n) is 12.4. The minimum absolute atomic E-state index is 0.848. The van der Waals surface area contributed by atoms with Crippen LogP contribution in [0.1, 0.15) is 11.1 Å². The van der Waals surface area contributed by atoms with Gasteiger partial charge in [-0.2, -0.15) is 0 Å². The van der Waals surface area contributed by atoms with Crippen LogP contribution in [0.15, 0.2) is 69.8 Å². The van der Waals surface area contributed by atoms with Crippen LogP contribution in [0.25, 0.3) is 0 Å². The molecule has 1 aliphatic rings. The Morgan fingerprint density at radius 3 is 2.86 bits per heavy atom. The van der Waals surface area contributed by atoms with Gasteiger partial charge in [-0.05, 0) is 24.3 Å². The van der Waals surface area contributed by atoms with Crippen molar-refractivity contribution in [1.29, 1.82) is 0 Å². The average molecular weight is 329 g/mol. The minimum atomic E-state index is -1.04. The Labute approximate surface area is 139 Å². The Morgan fingerprint density at radius 2 is 2.00 bits per heavy atom. The fourth-order valence-corrected chi connectivity index (χ4v) is 4.81. The highest BCUT2D eigenvalue weighted by Crippen LogP contribution is 2.36. The number of hydrogen-bond acceptors (Lipinski definition) is 3. The Bertz CT molecular complexity index is 672. The summed E-state index contributed by atoms with van der Waals surface area (Å²) in [7, 11) is 0. The van der Waals surface area contributed by atoms with E-state index in [4.69, 9.17) is 0 Å². The van der Waals surface area contributed by atoms with Crippen molar-refractivity contribution in [2.24, 2.45) is 0 Å². The second-order valence-corrected chi connectivity index (χ2v) is 7.75. The van der Waals surface area contributed by atoms with Crippen molar-refractivity contribution >= 4 is 22.9 Å². The van der Waals surface area contributed by atoms with Crippen molar-refractivity contribution in [1.82, 2.24) is 5.32 Å². The van der Waals surface area contributed by atoms with Crippen molar-refractivity contribution in [3.63, 3.8) is 0 Å². The van der Waals surface area contributed by atoms with E-state index in [0.29, 0.717) is 0 Å². The van der Waals surface area contributed by atoms with Crippen LogP contribution in [0.4, 0.5) is 0 Å². The average Bonchev–Trinajstić information content (AvgIpc) is 2.55. The summed E-state index contributed by atoms with van der Waals surface area (Å²) in [4.78, 5) is 3.17. The number of thioether (sulfide) groups is 1. The van der Waals surface area contributed by atoms with Gasteiger partial charge in [0.2, 0.25) is 0 Å². The first kappa shape index (κ1) is 15.7. The smallest absolute Gasteiger partial charge is 0.162 e. The summed E-state index contributed by atoms with van der Waals surface area (Å²) in [6.45, 7) is 5.50. The molecule has 0 saturated heterocycles. The van der Waals surface area contributed by atoms with Crippen LogP contribution in [0.2, 0.25) is 0 Å². The topological polar surface area (TPSA) is 35.1 Å². The van der Waals surface area contributed by atoms with E-state index in [1.807, 2.05) is 42.1 Å². The molecule has 0 bridgehead atoms. The number of nitrogens with one attached hydrogen (secondary N) is 1. The zero-order chi connectivity index (χ0) is 15.4. The minimum Gasteiger partial charge on any atom is -0.606 e. The number of fused-ring (bicyclic) bond motifs is 2. The van der Waals surface area contributed by atoms with Crippen LogP contribution in [0.5, 0.6) is 0 Å². The standard InChI is InChI=1S/C18H19NOS2/c1-2-9-19-10-11-21-16-7-8-18-15(13-16)12-14-5-3-4-6-17(14)22(18)20/h2-8,13,19H,1,9-12H2. The molecule has 1 atom stereocenters. The molecule has 4 heteroatoms. The van der Waals surface area contributed by atoms with Gasteiger partial charge in [-0.1, -0.05) is 24.3 Å². The van der Waals surface area contributed by atoms with Gasteiger partial charge in [0.25, 0.3) is 0 Å². The highest BCUT2D eigenvalue weighted by atomic mass is 32.2. The van der Waals surface area contributed by atoms with E-state index in [1.165, 1.54) is 16.0 Å². The van der Waals surface area contributed by atoms with Gasteiger partial charge in [0, 0.05) is 52.5 Å². The molecule has 1 aliphatic heterocycles. The maximum Gasteiger partial charge on any atom is 0.162 e. The third kappa shape index (κ3) is 3.41. The zero-order valence-corrected chi connectivity index (χ0v) is 14.0. The SMILES string of the molecule is C=CCNCCSc1ccc2c(c1)Cc1ccccc1[S+]2[O-]. The van der Waals surface area contributed by atoms with Crippen LogP contribution in [-0.2, 0) is 17.6 Å². The highest BCUT2D eigenvalue weighted by molar-refractivity contribution is 7.99. The van der Waals surface area contributed by atoms with E-state index in [9.17, 15) is 4.55 Å². The van der Waals surface area contributed by atoms with Gasteiger partial charge in [-0.25, -0.2) is 0 Å². The summed E-state index contributed by atoms with van der Waals surface area (Å²) in [5.74, 6) is 1.02. The lowest BCUT2D eigenvalue weighted by Gasteiger charge is -2.22. The van der Waals surface area contributed by atoms with E-state index in [2.05, 4.69) is 30.1 Å². The molecule has 1 unspecified atom stereocenters. The van der Waals surface area contributed by atoms with Crippen molar-refractivity contribution in [2.45, 2.75) is 21.1 Å². The van der Waals surface area contributed by atoms with Gasteiger partial charge in [0.05, 0.1) is 0 Å². The van der Waals surface area contributed by atoms with Gasteiger partial charge < -0.3 is 9.87 Å². The lowest BCUT2D eigenvalue weighted by Crippen LogP contribution is -2.16. The number of rotatable bonds is 6. The van der Waals surface area contributed by atoms with E-state index < -0.39 is 11.2 Å². The maximum absolute atomic E-state index is 12.6. The third-order valence-corrected chi connectivity index (χ3v) is 6.21. The first-order valence-electron chi connectivity index (χ1n) is 7.36. The molecule has 2 aromatic rings. The van der Waals surface area contributed by atoms with E-state index in [1.54, 1.807) is 0 Å². The molecule has 1 heterocycles. The second kappa shape index (κ2) is 7.38. The summed E-state index contributed by atoms with van der Waals surface area (Å²) in [6.07, 6.45) is 2.75. The molecule has 0 amide bonds. The monoisotopic (exact) mass is 329 g/mol. The molecule has 0 aliphatic carbocycles. The first-order valence-corrected chi connectivity index (χ1v) is 9.50. The number of benzene rings is 2. The molecular weight excluding hydrogens is 310 g/mol. The van der Waals surface area contributed by atoms with Crippen LogP contribution in [0.3, 0.4) is 0 Å². The van der Waals surface area contributed by atoms with Crippen LogP contribution < -0.4 is 5.32 Å². The van der Waals surface area contributed by atoms with E-state index >= 15 is 0 Å².